The minimum Gasteiger partial charge on any atom is -0.261 e. The van der Waals surface area contributed by atoms with E-state index in [0.717, 1.165) is 22.4 Å². The fraction of sp³-hybridized carbons (Fsp3) is 0.304. The third-order valence-electron chi connectivity index (χ3n) is 5.43. The molecule has 26 heavy (non-hydrogen) atoms. The molecule has 1 aromatic heterocycles. The summed E-state index contributed by atoms with van der Waals surface area (Å²) in [6, 6.07) is 19.3. The van der Waals surface area contributed by atoms with Crippen molar-refractivity contribution in [1.29, 1.82) is 5.26 Å². The Morgan fingerprint density at radius 3 is 2.42 bits per heavy atom. The quantitative estimate of drug-likeness (QED) is 0.642. The second kappa shape index (κ2) is 6.46. The van der Waals surface area contributed by atoms with Crippen LogP contribution in [0.2, 0.25) is 0 Å². The van der Waals surface area contributed by atoms with Gasteiger partial charge in [0.15, 0.2) is 0 Å². The third kappa shape index (κ3) is 2.82. The molecule has 0 saturated heterocycles. The van der Waals surface area contributed by atoms with Crippen molar-refractivity contribution in [1.82, 2.24) is 9.78 Å². The van der Waals surface area contributed by atoms with Gasteiger partial charge in [0, 0.05) is 11.3 Å². The lowest BCUT2D eigenvalue weighted by Crippen LogP contribution is -2.16. The van der Waals surface area contributed by atoms with Crippen LogP contribution in [0, 0.1) is 38.0 Å². The highest BCUT2D eigenvalue weighted by atomic mass is 15.3. The monoisotopic (exact) mass is 341 g/mol. The van der Waals surface area contributed by atoms with Crippen LogP contribution in [-0.2, 0) is 0 Å². The molecule has 0 radical (unpaired) electrons. The van der Waals surface area contributed by atoms with Gasteiger partial charge in [-0.1, -0.05) is 36.4 Å². The number of hydrogen-bond acceptors (Lipinski definition) is 2. The number of aromatic nitrogens is 2. The molecular formula is C23H23N3. The summed E-state index contributed by atoms with van der Waals surface area (Å²) in [7, 11) is 0. The number of benzene rings is 2. The molecule has 3 aromatic rings. The summed E-state index contributed by atoms with van der Waals surface area (Å²) in [6.07, 6.45) is 2.53. The summed E-state index contributed by atoms with van der Waals surface area (Å²) in [6.45, 7) is 6.25. The van der Waals surface area contributed by atoms with Crippen LogP contribution in [0.3, 0.4) is 0 Å². The maximum atomic E-state index is 9.19. The molecule has 0 N–H and O–H groups in total. The smallest absolute Gasteiger partial charge is 0.0994 e. The van der Waals surface area contributed by atoms with Crippen molar-refractivity contribution in [3.63, 3.8) is 0 Å². The first-order valence-corrected chi connectivity index (χ1v) is 9.22. The van der Waals surface area contributed by atoms with Crippen LogP contribution in [-0.4, -0.2) is 9.78 Å². The third-order valence-corrected chi connectivity index (χ3v) is 5.43. The Morgan fingerprint density at radius 2 is 1.81 bits per heavy atom. The molecule has 1 atom stereocenters. The van der Waals surface area contributed by atoms with Crippen molar-refractivity contribution in [2.45, 2.75) is 39.7 Å². The van der Waals surface area contributed by atoms with E-state index < -0.39 is 0 Å². The van der Waals surface area contributed by atoms with Crippen LogP contribution in [0.5, 0.6) is 0 Å². The van der Waals surface area contributed by atoms with Gasteiger partial charge in [-0.15, -0.1) is 0 Å². The van der Waals surface area contributed by atoms with Gasteiger partial charge in [-0.25, -0.2) is 0 Å². The Kier molecular flexibility index (Phi) is 4.12. The summed E-state index contributed by atoms with van der Waals surface area (Å²) in [4.78, 5) is 0. The predicted octanol–water partition coefficient (Wildman–Crippen LogP) is 5.35. The van der Waals surface area contributed by atoms with Crippen molar-refractivity contribution < 1.29 is 0 Å². The normalized spacial score (nSPS) is 14.8. The van der Waals surface area contributed by atoms with Crippen LogP contribution in [0.25, 0.3) is 11.1 Å². The van der Waals surface area contributed by atoms with E-state index in [2.05, 4.69) is 61.0 Å². The lowest BCUT2D eigenvalue weighted by Gasteiger charge is -2.20. The van der Waals surface area contributed by atoms with E-state index in [-0.39, 0.29) is 0 Å². The van der Waals surface area contributed by atoms with Crippen LogP contribution < -0.4 is 0 Å². The van der Waals surface area contributed by atoms with E-state index >= 15 is 0 Å². The molecule has 1 unspecified atom stereocenters. The highest BCUT2D eigenvalue weighted by Crippen LogP contribution is 2.44. The molecule has 0 amide bonds. The highest BCUT2D eigenvalue weighted by Gasteiger charge is 2.35. The van der Waals surface area contributed by atoms with Gasteiger partial charge < -0.3 is 0 Å². The summed E-state index contributed by atoms with van der Waals surface area (Å²) in [5, 5.41) is 14.1. The lowest BCUT2D eigenvalue weighted by molar-refractivity contribution is 0.459. The molecule has 1 saturated carbocycles. The number of rotatable bonds is 4. The Labute approximate surface area is 154 Å². The second-order valence-electron chi connectivity index (χ2n) is 7.32. The van der Waals surface area contributed by atoms with E-state index in [1.54, 1.807) is 0 Å². The Morgan fingerprint density at radius 1 is 1.08 bits per heavy atom. The van der Waals surface area contributed by atoms with Crippen LogP contribution in [0.4, 0.5) is 0 Å². The maximum absolute atomic E-state index is 9.19. The topological polar surface area (TPSA) is 41.6 Å². The standard InChI is InChI=1S/C23H23N3/c1-15-13-20(11-12-21(15)14-24)22-16(2)25-26(17(22)3)23(19-9-10-19)18-7-5-4-6-8-18/h4-8,11-13,19,23H,9-10H2,1-3H3. The minimum absolute atomic E-state index is 0.308. The van der Waals surface area contributed by atoms with Crippen molar-refractivity contribution in [2.24, 2.45) is 5.92 Å². The first-order chi connectivity index (χ1) is 12.6. The van der Waals surface area contributed by atoms with Gasteiger partial charge in [0.05, 0.1) is 23.4 Å². The summed E-state index contributed by atoms with van der Waals surface area (Å²) in [5.41, 5.74) is 7.67. The average Bonchev–Trinajstić information content (AvgIpc) is 3.42. The molecule has 1 aliphatic rings. The molecular weight excluding hydrogens is 318 g/mol. The first kappa shape index (κ1) is 16.6. The van der Waals surface area contributed by atoms with E-state index in [9.17, 15) is 5.26 Å². The van der Waals surface area contributed by atoms with E-state index in [1.807, 2.05) is 19.1 Å². The molecule has 1 aliphatic carbocycles. The maximum Gasteiger partial charge on any atom is 0.0994 e. The molecule has 3 heteroatoms. The van der Waals surface area contributed by atoms with Gasteiger partial charge in [0.1, 0.15) is 0 Å². The van der Waals surface area contributed by atoms with Crippen molar-refractivity contribution >= 4 is 0 Å². The van der Waals surface area contributed by atoms with Gasteiger partial charge in [0.25, 0.3) is 0 Å². The minimum atomic E-state index is 0.308. The zero-order valence-corrected chi connectivity index (χ0v) is 15.5. The molecule has 130 valence electrons. The fourth-order valence-corrected chi connectivity index (χ4v) is 3.97. The molecule has 1 heterocycles. The van der Waals surface area contributed by atoms with Gasteiger partial charge in [-0.05, 0) is 68.4 Å². The fourth-order valence-electron chi connectivity index (χ4n) is 3.97. The molecule has 3 nitrogen and oxygen atoms in total. The summed E-state index contributed by atoms with van der Waals surface area (Å²) >= 11 is 0. The molecule has 0 aliphatic heterocycles. The lowest BCUT2D eigenvalue weighted by atomic mass is 9.98. The van der Waals surface area contributed by atoms with E-state index in [1.165, 1.54) is 29.7 Å². The largest absolute Gasteiger partial charge is 0.261 e. The zero-order valence-electron chi connectivity index (χ0n) is 15.5. The van der Waals surface area contributed by atoms with Crippen LogP contribution >= 0.6 is 0 Å². The Balaban J connectivity index is 1.82. The Bertz CT molecular complexity index is 988. The van der Waals surface area contributed by atoms with Crippen LogP contribution in [0.15, 0.2) is 48.5 Å². The van der Waals surface area contributed by atoms with Crippen molar-refractivity contribution in [3.8, 4) is 17.2 Å². The molecule has 4 rings (SSSR count). The number of nitriles is 1. The van der Waals surface area contributed by atoms with Gasteiger partial charge in [-0.2, -0.15) is 10.4 Å². The van der Waals surface area contributed by atoms with Crippen molar-refractivity contribution in [3.05, 3.63) is 76.6 Å². The number of aryl methyl sites for hydroxylation is 2. The van der Waals surface area contributed by atoms with Gasteiger partial charge >= 0.3 is 0 Å². The zero-order chi connectivity index (χ0) is 18.3. The second-order valence-corrected chi connectivity index (χ2v) is 7.32. The highest BCUT2D eigenvalue weighted by molar-refractivity contribution is 5.70. The van der Waals surface area contributed by atoms with E-state index in [4.69, 9.17) is 5.10 Å². The van der Waals surface area contributed by atoms with Gasteiger partial charge in [-0.3, -0.25) is 4.68 Å². The average molecular weight is 341 g/mol. The van der Waals surface area contributed by atoms with Crippen molar-refractivity contribution in [2.75, 3.05) is 0 Å². The summed E-state index contributed by atoms with van der Waals surface area (Å²) < 4.78 is 2.23. The molecule has 0 bridgehead atoms. The first-order valence-electron chi connectivity index (χ1n) is 9.22. The molecule has 1 fully saturated rings. The molecule has 0 spiro atoms. The number of hydrogen-bond donors (Lipinski definition) is 0. The number of nitrogens with zero attached hydrogens (tertiary/aromatic N) is 3. The van der Waals surface area contributed by atoms with E-state index in [0.29, 0.717) is 12.0 Å². The summed E-state index contributed by atoms with van der Waals surface area (Å²) in [5.74, 6) is 0.672. The molecule has 2 aromatic carbocycles. The Hall–Kier alpha value is -2.86. The predicted molar refractivity (Wildman–Crippen MR) is 104 cm³/mol. The van der Waals surface area contributed by atoms with Crippen LogP contribution in [0.1, 0.15) is 47.0 Å². The SMILES string of the molecule is Cc1cc(-c2c(C)nn(C(c3ccccc3)C3CC3)c2C)ccc1C#N. The van der Waals surface area contributed by atoms with Gasteiger partial charge in [0.2, 0.25) is 0 Å².